The average molecular weight is 356 g/mol. The molecule has 0 fully saturated rings. The molecule has 1 amide bonds. The van der Waals surface area contributed by atoms with E-state index in [0.29, 0.717) is 23.6 Å². The molecule has 4 nitrogen and oxygen atoms in total. The molecular weight excluding hydrogens is 336 g/mol. The Kier molecular flexibility index (Phi) is 5.80. The van der Waals surface area contributed by atoms with Gasteiger partial charge in [0.2, 0.25) is 0 Å². The van der Waals surface area contributed by atoms with E-state index in [9.17, 15) is 4.79 Å². The second kappa shape index (κ2) is 8.63. The standard InChI is InChI=1S/C23H20N2O2/c1-3-6-21(4-2)27-22-8-5-7-17(13-22)15-25-23(26)19-9-10-20-16-24-12-11-18(20)14-19/h3-14,16H,1-2,15H2,(H,25,26)/b21-6+. The van der Waals surface area contributed by atoms with Crippen molar-refractivity contribution in [2.45, 2.75) is 6.54 Å². The molecule has 27 heavy (non-hydrogen) atoms. The van der Waals surface area contributed by atoms with Crippen molar-refractivity contribution in [2.75, 3.05) is 0 Å². The van der Waals surface area contributed by atoms with Crippen molar-refractivity contribution < 1.29 is 9.53 Å². The molecule has 0 aliphatic carbocycles. The number of carbonyl (C=O) groups is 1. The molecule has 0 saturated heterocycles. The van der Waals surface area contributed by atoms with E-state index in [1.807, 2.05) is 42.5 Å². The van der Waals surface area contributed by atoms with Crippen molar-refractivity contribution in [1.82, 2.24) is 10.3 Å². The van der Waals surface area contributed by atoms with Crippen LogP contribution in [0.25, 0.3) is 10.8 Å². The molecule has 0 spiro atoms. The summed E-state index contributed by atoms with van der Waals surface area (Å²) in [6.45, 7) is 7.76. The highest BCUT2D eigenvalue weighted by molar-refractivity contribution is 5.98. The number of rotatable bonds is 7. The summed E-state index contributed by atoms with van der Waals surface area (Å²) in [7, 11) is 0. The van der Waals surface area contributed by atoms with Crippen LogP contribution in [0.3, 0.4) is 0 Å². The smallest absolute Gasteiger partial charge is 0.251 e. The molecule has 4 heteroatoms. The maximum absolute atomic E-state index is 12.5. The lowest BCUT2D eigenvalue weighted by Gasteiger charge is -2.09. The molecule has 2 aromatic carbocycles. The van der Waals surface area contributed by atoms with E-state index in [1.54, 1.807) is 36.7 Å². The van der Waals surface area contributed by atoms with Gasteiger partial charge in [-0.05, 0) is 53.4 Å². The predicted octanol–water partition coefficient (Wildman–Crippen LogP) is 4.80. The number of hydrogen-bond acceptors (Lipinski definition) is 3. The topological polar surface area (TPSA) is 51.2 Å². The monoisotopic (exact) mass is 356 g/mol. The first-order valence-electron chi connectivity index (χ1n) is 8.53. The summed E-state index contributed by atoms with van der Waals surface area (Å²) >= 11 is 0. The normalized spacial score (nSPS) is 11.0. The Hall–Kier alpha value is -3.66. The van der Waals surface area contributed by atoms with Gasteiger partial charge in [0.25, 0.3) is 5.91 Å². The fourth-order valence-electron chi connectivity index (χ4n) is 2.62. The van der Waals surface area contributed by atoms with Crippen LogP contribution in [0, 0.1) is 0 Å². The van der Waals surface area contributed by atoms with Gasteiger partial charge in [0, 0.05) is 29.9 Å². The first-order valence-corrected chi connectivity index (χ1v) is 8.53. The van der Waals surface area contributed by atoms with Gasteiger partial charge < -0.3 is 10.1 Å². The number of pyridine rings is 1. The lowest BCUT2D eigenvalue weighted by atomic mass is 10.1. The molecule has 0 bridgehead atoms. The second-order valence-electron chi connectivity index (χ2n) is 5.88. The van der Waals surface area contributed by atoms with Gasteiger partial charge in [-0.15, -0.1) is 0 Å². The van der Waals surface area contributed by atoms with E-state index in [0.717, 1.165) is 16.3 Å². The number of benzene rings is 2. The van der Waals surface area contributed by atoms with E-state index in [4.69, 9.17) is 4.74 Å². The van der Waals surface area contributed by atoms with Gasteiger partial charge in [-0.25, -0.2) is 0 Å². The van der Waals surface area contributed by atoms with Gasteiger partial charge in [0.15, 0.2) is 0 Å². The summed E-state index contributed by atoms with van der Waals surface area (Å²) in [5.41, 5.74) is 1.55. The van der Waals surface area contributed by atoms with Gasteiger partial charge >= 0.3 is 0 Å². The quantitative estimate of drug-likeness (QED) is 0.489. The number of hydrogen-bond donors (Lipinski definition) is 1. The number of allylic oxidation sites excluding steroid dienone is 3. The Labute approximate surface area is 158 Å². The molecule has 3 rings (SSSR count). The Bertz CT molecular complexity index is 1020. The fraction of sp³-hybridized carbons (Fsp3) is 0.0435. The van der Waals surface area contributed by atoms with Crippen molar-refractivity contribution in [1.29, 1.82) is 0 Å². The highest BCUT2D eigenvalue weighted by Crippen LogP contribution is 2.18. The van der Waals surface area contributed by atoms with E-state index in [-0.39, 0.29) is 5.91 Å². The molecular formula is C23H20N2O2. The Balaban J connectivity index is 1.67. The summed E-state index contributed by atoms with van der Waals surface area (Å²) in [6.07, 6.45) is 8.48. The Morgan fingerprint density at radius 1 is 1.11 bits per heavy atom. The number of nitrogens with one attached hydrogen (secondary N) is 1. The van der Waals surface area contributed by atoms with Crippen LogP contribution in [0.15, 0.2) is 98.1 Å². The van der Waals surface area contributed by atoms with Crippen LogP contribution in [0.1, 0.15) is 15.9 Å². The van der Waals surface area contributed by atoms with E-state index in [2.05, 4.69) is 23.5 Å². The van der Waals surface area contributed by atoms with E-state index in [1.165, 1.54) is 0 Å². The maximum Gasteiger partial charge on any atom is 0.251 e. The van der Waals surface area contributed by atoms with Gasteiger partial charge in [-0.2, -0.15) is 0 Å². The molecule has 134 valence electrons. The van der Waals surface area contributed by atoms with Gasteiger partial charge in [0.1, 0.15) is 11.5 Å². The van der Waals surface area contributed by atoms with Gasteiger partial charge in [0.05, 0.1) is 0 Å². The Morgan fingerprint density at radius 2 is 2.00 bits per heavy atom. The van der Waals surface area contributed by atoms with Crippen LogP contribution in [-0.4, -0.2) is 10.9 Å². The van der Waals surface area contributed by atoms with Crippen molar-refractivity contribution in [3.63, 3.8) is 0 Å². The minimum absolute atomic E-state index is 0.127. The zero-order chi connectivity index (χ0) is 19.1. The zero-order valence-corrected chi connectivity index (χ0v) is 14.9. The van der Waals surface area contributed by atoms with Crippen LogP contribution in [0.4, 0.5) is 0 Å². The number of carbonyl (C=O) groups excluding carboxylic acids is 1. The SMILES string of the molecule is C=C/C=C(\C=C)Oc1cccc(CNC(=O)c2ccc3cnccc3c2)c1. The third-order valence-corrected chi connectivity index (χ3v) is 3.97. The van der Waals surface area contributed by atoms with Crippen molar-refractivity contribution >= 4 is 16.7 Å². The molecule has 1 aromatic heterocycles. The minimum atomic E-state index is -0.127. The minimum Gasteiger partial charge on any atom is -0.457 e. The van der Waals surface area contributed by atoms with Crippen LogP contribution >= 0.6 is 0 Å². The van der Waals surface area contributed by atoms with Gasteiger partial charge in [-0.1, -0.05) is 37.4 Å². The molecule has 0 atom stereocenters. The van der Waals surface area contributed by atoms with Crippen LogP contribution in [-0.2, 0) is 6.54 Å². The molecule has 3 aromatic rings. The number of aromatic nitrogens is 1. The first kappa shape index (κ1) is 18.1. The van der Waals surface area contributed by atoms with E-state index >= 15 is 0 Å². The molecule has 0 radical (unpaired) electrons. The lowest BCUT2D eigenvalue weighted by molar-refractivity contribution is 0.0951. The number of nitrogens with zero attached hydrogens (tertiary/aromatic N) is 1. The summed E-state index contributed by atoms with van der Waals surface area (Å²) in [6, 6.07) is 15.0. The molecule has 0 unspecified atom stereocenters. The molecule has 1 N–H and O–H groups in total. The second-order valence-corrected chi connectivity index (χ2v) is 5.88. The van der Waals surface area contributed by atoms with Crippen LogP contribution < -0.4 is 10.1 Å². The van der Waals surface area contributed by atoms with Crippen LogP contribution in [0.2, 0.25) is 0 Å². The molecule has 0 aliphatic heterocycles. The van der Waals surface area contributed by atoms with Crippen molar-refractivity contribution in [2.24, 2.45) is 0 Å². The first-order chi connectivity index (χ1) is 13.2. The third-order valence-electron chi connectivity index (χ3n) is 3.97. The maximum atomic E-state index is 12.5. The lowest BCUT2D eigenvalue weighted by Crippen LogP contribution is -2.22. The predicted molar refractivity (Wildman–Crippen MR) is 108 cm³/mol. The number of ether oxygens (including phenoxy) is 1. The highest BCUT2D eigenvalue weighted by atomic mass is 16.5. The summed E-state index contributed by atoms with van der Waals surface area (Å²) in [4.78, 5) is 16.5. The molecule has 1 heterocycles. The third kappa shape index (κ3) is 4.70. The summed E-state index contributed by atoms with van der Waals surface area (Å²) in [5.74, 6) is 1.16. The summed E-state index contributed by atoms with van der Waals surface area (Å²) in [5, 5.41) is 4.93. The Morgan fingerprint density at radius 3 is 2.81 bits per heavy atom. The fourth-order valence-corrected chi connectivity index (χ4v) is 2.62. The van der Waals surface area contributed by atoms with Crippen molar-refractivity contribution in [3.8, 4) is 5.75 Å². The number of amides is 1. The number of fused-ring (bicyclic) bond motifs is 1. The van der Waals surface area contributed by atoms with Gasteiger partial charge in [-0.3, -0.25) is 9.78 Å². The zero-order valence-electron chi connectivity index (χ0n) is 14.9. The van der Waals surface area contributed by atoms with E-state index < -0.39 is 0 Å². The summed E-state index contributed by atoms with van der Waals surface area (Å²) < 4.78 is 5.74. The molecule has 0 aliphatic rings. The van der Waals surface area contributed by atoms with Crippen molar-refractivity contribution in [3.05, 3.63) is 109 Å². The average Bonchev–Trinajstić information content (AvgIpc) is 2.71. The molecule has 0 saturated carbocycles. The highest BCUT2D eigenvalue weighted by Gasteiger charge is 2.07. The largest absolute Gasteiger partial charge is 0.457 e. The van der Waals surface area contributed by atoms with Crippen LogP contribution in [0.5, 0.6) is 5.75 Å².